The van der Waals surface area contributed by atoms with Gasteiger partial charge in [-0.05, 0) is 43.2 Å². The van der Waals surface area contributed by atoms with E-state index in [9.17, 15) is 4.79 Å². The molecular formula is C18H19NO4. The minimum atomic E-state index is -0.553. The Balaban J connectivity index is 1.68. The first-order chi connectivity index (χ1) is 11.2. The van der Waals surface area contributed by atoms with Crippen LogP contribution in [0.2, 0.25) is 0 Å². The van der Waals surface area contributed by atoms with Crippen molar-refractivity contribution in [1.82, 2.24) is 0 Å². The van der Waals surface area contributed by atoms with E-state index in [1.54, 1.807) is 18.2 Å². The van der Waals surface area contributed by atoms with Crippen LogP contribution in [0.5, 0.6) is 17.2 Å². The maximum atomic E-state index is 12.4. The van der Waals surface area contributed by atoms with Crippen molar-refractivity contribution in [2.24, 2.45) is 0 Å². The number of benzene rings is 2. The summed E-state index contributed by atoms with van der Waals surface area (Å²) in [5.41, 5.74) is 1.75. The van der Waals surface area contributed by atoms with E-state index < -0.39 is 6.10 Å². The Morgan fingerprint density at radius 2 is 2.04 bits per heavy atom. The van der Waals surface area contributed by atoms with E-state index in [2.05, 4.69) is 5.32 Å². The van der Waals surface area contributed by atoms with Crippen LogP contribution in [-0.2, 0) is 4.79 Å². The second kappa shape index (κ2) is 6.60. The lowest BCUT2D eigenvalue weighted by atomic mass is 10.2. The molecule has 1 amide bonds. The van der Waals surface area contributed by atoms with Gasteiger partial charge in [0.25, 0.3) is 5.91 Å². The van der Waals surface area contributed by atoms with Crippen LogP contribution in [0.4, 0.5) is 5.69 Å². The SMILES string of the molecule is CCC(Oc1cccc(C)c1)C(=O)Nc1ccc2c(c1)OCO2. The second-order valence-electron chi connectivity index (χ2n) is 5.39. The van der Waals surface area contributed by atoms with Crippen LogP contribution in [0.3, 0.4) is 0 Å². The van der Waals surface area contributed by atoms with Crippen LogP contribution < -0.4 is 19.5 Å². The van der Waals surface area contributed by atoms with Gasteiger partial charge >= 0.3 is 0 Å². The molecule has 120 valence electrons. The van der Waals surface area contributed by atoms with Crippen molar-refractivity contribution in [3.05, 3.63) is 48.0 Å². The number of rotatable bonds is 5. The summed E-state index contributed by atoms with van der Waals surface area (Å²) in [6.45, 7) is 4.11. The summed E-state index contributed by atoms with van der Waals surface area (Å²) in [4.78, 5) is 12.4. The van der Waals surface area contributed by atoms with Gasteiger partial charge < -0.3 is 19.5 Å². The predicted octanol–water partition coefficient (Wildman–Crippen LogP) is 3.52. The first-order valence-electron chi connectivity index (χ1n) is 7.59. The minimum Gasteiger partial charge on any atom is -0.481 e. The van der Waals surface area contributed by atoms with Crippen molar-refractivity contribution < 1.29 is 19.0 Å². The van der Waals surface area contributed by atoms with Crippen LogP contribution in [0, 0.1) is 6.92 Å². The lowest BCUT2D eigenvalue weighted by molar-refractivity contribution is -0.122. The standard InChI is InChI=1S/C18H19NO4/c1-3-15(23-14-6-4-5-12(2)9-14)18(20)19-13-7-8-16-17(10-13)22-11-21-16/h4-10,15H,3,11H2,1-2H3,(H,19,20). The molecule has 0 fully saturated rings. The molecular weight excluding hydrogens is 294 g/mol. The summed E-state index contributed by atoms with van der Waals surface area (Å²) in [5, 5.41) is 2.86. The van der Waals surface area contributed by atoms with E-state index in [4.69, 9.17) is 14.2 Å². The molecule has 0 aliphatic carbocycles. The molecule has 0 saturated carbocycles. The van der Waals surface area contributed by atoms with Gasteiger partial charge in [-0.1, -0.05) is 19.1 Å². The molecule has 1 heterocycles. The van der Waals surface area contributed by atoms with Crippen molar-refractivity contribution in [2.75, 3.05) is 12.1 Å². The Labute approximate surface area is 135 Å². The zero-order chi connectivity index (χ0) is 16.2. The Morgan fingerprint density at radius 3 is 2.83 bits per heavy atom. The van der Waals surface area contributed by atoms with Gasteiger partial charge in [0.1, 0.15) is 5.75 Å². The number of hydrogen-bond donors (Lipinski definition) is 1. The number of nitrogens with one attached hydrogen (secondary N) is 1. The fourth-order valence-corrected chi connectivity index (χ4v) is 2.37. The average Bonchev–Trinajstić information content (AvgIpc) is 3.00. The third-order valence-electron chi connectivity index (χ3n) is 3.57. The van der Waals surface area contributed by atoms with Gasteiger partial charge in [-0.25, -0.2) is 0 Å². The second-order valence-corrected chi connectivity index (χ2v) is 5.39. The number of carbonyl (C=O) groups excluding carboxylic acids is 1. The number of anilines is 1. The van der Waals surface area contributed by atoms with Gasteiger partial charge in [0, 0.05) is 11.8 Å². The Hall–Kier alpha value is -2.69. The highest BCUT2D eigenvalue weighted by Gasteiger charge is 2.20. The topological polar surface area (TPSA) is 56.8 Å². The summed E-state index contributed by atoms with van der Waals surface area (Å²) < 4.78 is 16.4. The fourth-order valence-electron chi connectivity index (χ4n) is 2.37. The van der Waals surface area contributed by atoms with Crippen molar-refractivity contribution >= 4 is 11.6 Å². The fraction of sp³-hybridized carbons (Fsp3) is 0.278. The van der Waals surface area contributed by atoms with Crippen LogP contribution in [-0.4, -0.2) is 18.8 Å². The molecule has 0 radical (unpaired) electrons. The normalized spacial score (nSPS) is 13.5. The monoisotopic (exact) mass is 313 g/mol. The predicted molar refractivity (Wildman–Crippen MR) is 87.1 cm³/mol. The van der Waals surface area contributed by atoms with Crippen molar-refractivity contribution in [3.63, 3.8) is 0 Å². The zero-order valence-corrected chi connectivity index (χ0v) is 13.2. The third kappa shape index (κ3) is 3.56. The molecule has 1 atom stereocenters. The Morgan fingerprint density at radius 1 is 1.22 bits per heavy atom. The zero-order valence-electron chi connectivity index (χ0n) is 13.2. The molecule has 2 aromatic rings. The quantitative estimate of drug-likeness (QED) is 0.917. The first-order valence-corrected chi connectivity index (χ1v) is 7.59. The smallest absolute Gasteiger partial charge is 0.265 e. The number of ether oxygens (including phenoxy) is 3. The van der Waals surface area contributed by atoms with E-state index in [1.807, 2.05) is 38.1 Å². The largest absolute Gasteiger partial charge is 0.481 e. The molecule has 0 saturated heterocycles. The lowest BCUT2D eigenvalue weighted by Gasteiger charge is -2.17. The summed E-state index contributed by atoms with van der Waals surface area (Å²) in [5.74, 6) is 1.83. The van der Waals surface area contributed by atoms with E-state index in [0.29, 0.717) is 29.4 Å². The van der Waals surface area contributed by atoms with Crippen molar-refractivity contribution in [3.8, 4) is 17.2 Å². The molecule has 2 aromatic carbocycles. The van der Waals surface area contributed by atoms with Crippen LogP contribution in [0.25, 0.3) is 0 Å². The summed E-state index contributed by atoms with van der Waals surface area (Å²) in [6, 6.07) is 13.0. The maximum absolute atomic E-state index is 12.4. The molecule has 1 N–H and O–H groups in total. The van der Waals surface area contributed by atoms with Crippen LogP contribution in [0.1, 0.15) is 18.9 Å². The maximum Gasteiger partial charge on any atom is 0.265 e. The van der Waals surface area contributed by atoms with Gasteiger partial charge in [0.2, 0.25) is 6.79 Å². The number of aryl methyl sites for hydroxylation is 1. The number of amides is 1. The van der Waals surface area contributed by atoms with Gasteiger partial charge in [0.15, 0.2) is 17.6 Å². The van der Waals surface area contributed by atoms with Crippen molar-refractivity contribution in [2.45, 2.75) is 26.4 Å². The third-order valence-corrected chi connectivity index (χ3v) is 3.57. The molecule has 1 aliphatic rings. The molecule has 23 heavy (non-hydrogen) atoms. The molecule has 5 nitrogen and oxygen atoms in total. The first kappa shape index (κ1) is 15.2. The molecule has 1 unspecified atom stereocenters. The van der Waals surface area contributed by atoms with Crippen LogP contribution in [0.15, 0.2) is 42.5 Å². The Bertz CT molecular complexity index is 714. The minimum absolute atomic E-state index is 0.187. The highest BCUT2D eigenvalue weighted by atomic mass is 16.7. The molecule has 0 spiro atoms. The highest BCUT2D eigenvalue weighted by Crippen LogP contribution is 2.34. The molecule has 3 rings (SSSR count). The summed E-state index contributed by atoms with van der Waals surface area (Å²) in [7, 11) is 0. The lowest BCUT2D eigenvalue weighted by Crippen LogP contribution is -2.32. The number of fused-ring (bicyclic) bond motifs is 1. The van der Waals surface area contributed by atoms with Gasteiger partial charge in [-0.3, -0.25) is 4.79 Å². The Kier molecular flexibility index (Phi) is 4.37. The highest BCUT2D eigenvalue weighted by molar-refractivity contribution is 5.94. The van der Waals surface area contributed by atoms with E-state index in [1.165, 1.54) is 0 Å². The van der Waals surface area contributed by atoms with Crippen molar-refractivity contribution in [1.29, 1.82) is 0 Å². The molecule has 0 bridgehead atoms. The average molecular weight is 313 g/mol. The summed E-state index contributed by atoms with van der Waals surface area (Å²) in [6.07, 6.45) is 0.0202. The van der Waals surface area contributed by atoms with Gasteiger partial charge in [-0.15, -0.1) is 0 Å². The van der Waals surface area contributed by atoms with E-state index in [0.717, 1.165) is 5.56 Å². The van der Waals surface area contributed by atoms with E-state index in [-0.39, 0.29) is 12.7 Å². The van der Waals surface area contributed by atoms with Gasteiger partial charge in [0.05, 0.1) is 0 Å². The molecule has 1 aliphatic heterocycles. The number of hydrogen-bond acceptors (Lipinski definition) is 4. The van der Waals surface area contributed by atoms with Gasteiger partial charge in [-0.2, -0.15) is 0 Å². The van der Waals surface area contributed by atoms with Crippen LogP contribution >= 0.6 is 0 Å². The molecule has 0 aromatic heterocycles. The summed E-state index contributed by atoms with van der Waals surface area (Å²) >= 11 is 0. The molecule has 5 heteroatoms. The number of carbonyl (C=O) groups is 1. The van der Waals surface area contributed by atoms with E-state index >= 15 is 0 Å².